The summed E-state index contributed by atoms with van der Waals surface area (Å²) in [6.45, 7) is 3.94. The maximum atomic E-state index is 11.8. The van der Waals surface area contributed by atoms with Gasteiger partial charge in [-0.05, 0) is 25.0 Å². The van der Waals surface area contributed by atoms with E-state index in [0.717, 1.165) is 6.42 Å². The minimum absolute atomic E-state index is 0.115. The van der Waals surface area contributed by atoms with Crippen LogP contribution in [0.1, 0.15) is 38.2 Å². The van der Waals surface area contributed by atoms with Gasteiger partial charge in [0.15, 0.2) is 0 Å². The molecule has 2 atom stereocenters. The van der Waals surface area contributed by atoms with Crippen LogP contribution >= 0.6 is 11.6 Å². The molecule has 0 spiro atoms. The number of hydrogen-bond acceptors (Lipinski definition) is 2. The van der Waals surface area contributed by atoms with Gasteiger partial charge in [-0.3, -0.25) is 4.79 Å². The molecule has 3 nitrogen and oxygen atoms in total. The first kappa shape index (κ1) is 14.5. The Morgan fingerprint density at radius 3 is 2.72 bits per heavy atom. The summed E-state index contributed by atoms with van der Waals surface area (Å²) in [6, 6.07) is 9.40. The van der Waals surface area contributed by atoms with E-state index >= 15 is 0 Å². The van der Waals surface area contributed by atoms with Gasteiger partial charge in [0.25, 0.3) is 0 Å². The van der Waals surface area contributed by atoms with E-state index in [1.165, 1.54) is 0 Å². The average Bonchev–Trinajstić information content (AvgIpc) is 2.36. The van der Waals surface area contributed by atoms with E-state index in [-0.39, 0.29) is 18.4 Å². The molecule has 0 aliphatic rings. The molecule has 0 aliphatic carbocycles. The second-order valence-electron chi connectivity index (χ2n) is 4.28. The number of halogens is 1. The van der Waals surface area contributed by atoms with Gasteiger partial charge in [-0.15, -0.1) is 0 Å². The van der Waals surface area contributed by atoms with Crippen LogP contribution in [0.2, 0.25) is 5.02 Å². The van der Waals surface area contributed by atoms with Crippen LogP contribution in [0.5, 0.6) is 0 Å². The lowest BCUT2D eigenvalue weighted by Gasteiger charge is -2.14. The summed E-state index contributed by atoms with van der Waals surface area (Å²) in [5, 5.41) is 12.5. The van der Waals surface area contributed by atoms with Gasteiger partial charge in [0.2, 0.25) is 5.91 Å². The van der Waals surface area contributed by atoms with Gasteiger partial charge in [-0.1, -0.05) is 36.7 Å². The van der Waals surface area contributed by atoms with Crippen LogP contribution in [0.15, 0.2) is 24.3 Å². The zero-order valence-corrected chi connectivity index (χ0v) is 11.4. The summed E-state index contributed by atoms with van der Waals surface area (Å²) in [4.78, 5) is 11.8. The number of carbonyl (C=O) groups is 1. The summed E-state index contributed by atoms with van der Waals surface area (Å²) in [5.74, 6) is -0.612. The lowest BCUT2D eigenvalue weighted by Crippen LogP contribution is -2.32. The van der Waals surface area contributed by atoms with Crippen LogP contribution in [0, 0.1) is 11.3 Å². The van der Waals surface area contributed by atoms with Gasteiger partial charge in [0, 0.05) is 17.5 Å². The molecule has 0 bridgehead atoms. The van der Waals surface area contributed by atoms with E-state index in [4.69, 9.17) is 16.9 Å². The number of amides is 1. The Labute approximate surface area is 113 Å². The zero-order valence-electron chi connectivity index (χ0n) is 10.6. The molecular weight excluding hydrogens is 248 g/mol. The van der Waals surface area contributed by atoms with Crippen LogP contribution in [0.3, 0.4) is 0 Å². The minimum atomic E-state index is -0.497. The molecule has 0 heterocycles. The van der Waals surface area contributed by atoms with E-state index in [1.54, 1.807) is 18.2 Å². The predicted molar refractivity (Wildman–Crippen MR) is 72.3 cm³/mol. The highest BCUT2D eigenvalue weighted by atomic mass is 35.5. The van der Waals surface area contributed by atoms with Gasteiger partial charge >= 0.3 is 0 Å². The van der Waals surface area contributed by atoms with E-state index in [9.17, 15) is 4.79 Å². The summed E-state index contributed by atoms with van der Waals surface area (Å²) in [5.41, 5.74) is 0.709. The number of nitriles is 1. The Balaban J connectivity index is 2.72. The average molecular weight is 265 g/mol. The summed E-state index contributed by atoms with van der Waals surface area (Å²) in [7, 11) is 0. The first-order chi connectivity index (χ1) is 8.58. The molecule has 0 aliphatic heterocycles. The Morgan fingerprint density at radius 1 is 1.50 bits per heavy atom. The minimum Gasteiger partial charge on any atom is -0.354 e. The Morgan fingerprint density at radius 2 is 2.17 bits per heavy atom. The van der Waals surface area contributed by atoms with Crippen molar-refractivity contribution in [3.63, 3.8) is 0 Å². The fourth-order valence-electron chi connectivity index (χ4n) is 1.60. The highest BCUT2D eigenvalue weighted by Gasteiger charge is 2.18. The van der Waals surface area contributed by atoms with Crippen LogP contribution < -0.4 is 5.32 Å². The number of benzene rings is 1. The van der Waals surface area contributed by atoms with Crippen LogP contribution in [0.4, 0.5) is 0 Å². The third-order valence-electron chi connectivity index (χ3n) is 2.85. The standard InChI is InChI=1S/C14H17ClN2O/c1-3-10(2)17-14(18)8-11(9-16)12-6-4-5-7-13(12)15/h4-7,10-11H,3,8H2,1-2H3,(H,17,18). The quantitative estimate of drug-likeness (QED) is 0.888. The van der Waals surface area contributed by atoms with Crippen molar-refractivity contribution in [1.29, 1.82) is 5.26 Å². The molecular formula is C14H17ClN2O. The van der Waals surface area contributed by atoms with Crippen molar-refractivity contribution in [2.45, 2.75) is 38.6 Å². The Hall–Kier alpha value is -1.53. The van der Waals surface area contributed by atoms with Crippen LogP contribution in [-0.2, 0) is 4.79 Å². The lowest BCUT2D eigenvalue weighted by molar-refractivity contribution is -0.121. The van der Waals surface area contributed by atoms with E-state index in [0.29, 0.717) is 10.6 Å². The fraction of sp³-hybridized carbons (Fsp3) is 0.429. The van der Waals surface area contributed by atoms with Crippen molar-refractivity contribution >= 4 is 17.5 Å². The van der Waals surface area contributed by atoms with Crippen molar-refractivity contribution in [2.24, 2.45) is 0 Å². The number of carbonyl (C=O) groups excluding carboxylic acids is 1. The van der Waals surface area contributed by atoms with Crippen molar-refractivity contribution in [3.8, 4) is 6.07 Å². The first-order valence-corrected chi connectivity index (χ1v) is 6.39. The van der Waals surface area contributed by atoms with Crippen molar-refractivity contribution < 1.29 is 4.79 Å². The maximum Gasteiger partial charge on any atom is 0.221 e. The van der Waals surface area contributed by atoms with E-state index < -0.39 is 5.92 Å². The normalized spacial score (nSPS) is 13.4. The molecule has 1 amide bonds. The first-order valence-electron chi connectivity index (χ1n) is 6.01. The van der Waals surface area contributed by atoms with Crippen molar-refractivity contribution in [1.82, 2.24) is 5.32 Å². The van der Waals surface area contributed by atoms with Gasteiger partial charge < -0.3 is 5.32 Å². The molecule has 4 heteroatoms. The second kappa shape index (κ2) is 7.03. The number of hydrogen-bond donors (Lipinski definition) is 1. The molecule has 0 saturated heterocycles. The molecule has 0 aromatic heterocycles. The molecule has 0 fully saturated rings. The molecule has 1 aromatic rings. The highest BCUT2D eigenvalue weighted by Crippen LogP contribution is 2.26. The smallest absolute Gasteiger partial charge is 0.221 e. The molecule has 1 aromatic carbocycles. The topological polar surface area (TPSA) is 52.9 Å². The van der Waals surface area contributed by atoms with Crippen LogP contribution in [0.25, 0.3) is 0 Å². The maximum absolute atomic E-state index is 11.8. The van der Waals surface area contributed by atoms with E-state index in [2.05, 4.69) is 11.4 Å². The summed E-state index contributed by atoms with van der Waals surface area (Å²) < 4.78 is 0. The predicted octanol–water partition coefficient (Wildman–Crippen LogP) is 3.25. The molecule has 1 N–H and O–H groups in total. The SMILES string of the molecule is CCC(C)NC(=O)CC(C#N)c1ccccc1Cl. The largest absolute Gasteiger partial charge is 0.354 e. The third kappa shape index (κ3) is 4.05. The number of rotatable bonds is 5. The Kier molecular flexibility index (Phi) is 5.67. The molecule has 2 unspecified atom stereocenters. The third-order valence-corrected chi connectivity index (χ3v) is 3.19. The molecule has 0 saturated carbocycles. The van der Waals surface area contributed by atoms with Crippen LogP contribution in [-0.4, -0.2) is 11.9 Å². The van der Waals surface area contributed by atoms with Crippen molar-refractivity contribution in [3.05, 3.63) is 34.9 Å². The molecule has 0 radical (unpaired) electrons. The molecule has 1 rings (SSSR count). The number of nitrogens with zero attached hydrogens (tertiary/aromatic N) is 1. The molecule has 18 heavy (non-hydrogen) atoms. The summed E-state index contributed by atoms with van der Waals surface area (Å²) >= 11 is 6.03. The summed E-state index contributed by atoms with van der Waals surface area (Å²) in [6.07, 6.45) is 1.01. The van der Waals surface area contributed by atoms with Gasteiger partial charge in [0.1, 0.15) is 0 Å². The van der Waals surface area contributed by atoms with Crippen molar-refractivity contribution in [2.75, 3.05) is 0 Å². The molecule has 96 valence electrons. The zero-order chi connectivity index (χ0) is 13.5. The Bertz CT molecular complexity index is 453. The van der Waals surface area contributed by atoms with Gasteiger partial charge in [0.05, 0.1) is 12.0 Å². The van der Waals surface area contributed by atoms with Gasteiger partial charge in [-0.2, -0.15) is 5.26 Å². The highest BCUT2D eigenvalue weighted by molar-refractivity contribution is 6.31. The monoisotopic (exact) mass is 264 g/mol. The fourth-order valence-corrected chi connectivity index (χ4v) is 1.87. The second-order valence-corrected chi connectivity index (χ2v) is 4.69. The number of nitrogens with one attached hydrogen (secondary N) is 1. The van der Waals surface area contributed by atoms with E-state index in [1.807, 2.05) is 19.9 Å². The van der Waals surface area contributed by atoms with Gasteiger partial charge in [-0.25, -0.2) is 0 Å². The lowest BCUT2D eigenvalue weighted by atomic mass is 9.96.